The first kappa shape index (κ1) is 18.7. The van der Waals surface area contributed by atoms with E-state index < -0.39 is 6.10 Å². The van der Waals surface area contributed by atoms with Gasteiger partial charge in [-0.3, -0.25) is 4.79 Å². The molecule has 1 aliphatic carbocycles. The first-order valence-electron chi connectivity index (χ1n) is 9.03. The Morgan fingerprint density at radius 2 is 1.65 bits per heavy atom. The van der Waals surface area contributed by atoms with Crippen LogP contribution in [0, 0.1) is 11.8 Å². The van der Waals surface area contributed by atoms with Gasteiger partial charge in [0.25, 0.3) is 5.91 Å². The Morgan fingerprint density at radius 3 is 2.31 bits per heavy atom. The van der Waals surface area contributed by atoms with Crippen molar-refractivity contribution in [3.05, 3.63) is 66.2 Å². The van der Waals surface area contributed by atoms with Crippen molar-refractivity contribution < 1.29 is 9.53 Å². The molecule has 1 saturated carbocycles. The van der Waals surface area contributed by atoms with Crippen molar-refractivity contribution in [3.63, 3.8) is 0 Å². The number of ether oxygens (including phenoxy) is 1. The average molecular weight is 373 g/mol. The molecular weight excluding hydrogens is 348 g/mol. The highest BCUT2D eigenvalue weighted by Gasteiger charge is 2.44. The van der Waals surface area contributed by atoms with Gasteiger partial charge in [0.2, 0.25) is 6.10 Å². The Balaban J connectivity index is 0.00000196. The summed E-state index contributed by atoms with van der Waals surface area (Å²) in [5, 5.41) is 0. The number of amides is 1. The van der Waals surface area contributed by atoms with Crippen LogP contribution in [0.4, 0.5) is 0 Å². The molecule has 2 aliphatic rings. The van der Waals surface area contributed by atoms with E-state index in [9.17, 15) is 4.79 Å². The number of hydrogen-bond donors (Lipinski definition) is 1. The van der Waals surface area contributed by atoms with Crippen molar-refractivity contribution in [2.45, 2.75) is 25.0 Å². The predicted octanol–water partition coefficient (Wildman–Crippen LogP) is 3.42. The van der Waals surface area contributed by atoms with Crippen molar-refractivity contribution in [1.29, 1.82) is 0 Å². The molecule has 26 heavy (non-hydrogen) atoms. The summed E-state index contributed by atoms with van der Waals surface area (Å²) < 4.78 is 6.10. The minimum absolute atomic E-state index is 0. The van der Waals surface area contributed by atoms with Crippen molar-refractivity contribution in [3.8, 4) is 5.75 Å². The van der Waals surface area contributed by atoms with Gasteiger partial charge in [-0.25, -0.2) is 0 Å². The minimum atomic E-state index is -0.612. The topological polar surface area (TPSA) is 55.6 Å². The van der Waals surface area contributed by atoms with E-state index in [1.165, 1.54) is 0 Å². The molecule has 0 bridgehead atoms. The van der Waals surface area contributed by atoms with Crippen molar-refractivity contribution in [2.75, 3.05) is 13.1 Å². The highest BCUT2D eigenvalue weighted by Crippen LogP contribution is 2.38. The Labute approximate surface area is 160 Å². The summed E-state index contributed by atoms with van der Waals surface area (Å²) in [6.07, 6.45) is 1.60. The molecule has 1 aliphatic heterocycles. The number of nitrogens with two attached hydrogens (primary N) is 1. The number of hydrogen-bond acceptors (Lipinski definition) is 3. The summed E-state index contributed by atoms with van der Waals surface area (Å²) in [5.41, 5.74) is 7.11. The maximum absolute atomic E-state index is 13.2. The van der Waals surface area contributed by atoms with E-state index in [0.717, 1.165) is 31.5 Å². The fourth-order valence-electron chi connectivity index (χ4n) is 4.18. The van der Waals surface area contributed by atoms with Crippen LogP contribution in [0.2, 0.25) is 0 Å². The molecule has 138 valence electrons. The van der Waals surface area contributed by atoms with E-state index in [4.69, 9.17) is 10.5 Å². The van der Waals surface area contributed by atoms with Crippen LogP contribution in [0.1, 0.15) is 24.5 Å². The van der Waals surface area contributed by atoms with Gasteiger partial charge in [-0.05, 0) is 36.8 Å². The van der Waals surface area contributed by atoms with Crippen LogP contribution in [0.5, 0.6) is 5.75 Å². The second-order valence-corrected chi connectivity index (χ2v) is 7.13. The highest BCUT2D eigenvalue weighted by molar-refractivity contribution is 5.85. The van der Waals surface area contributed by atoms with Crippen LogP contribution in [-0.2, 0) is 4.79 Å². The number of carbonyl (C=O) groups is 1. The van der Waals surface area contributed by atoms with Crippen LogP contribution in [0.15, 0.2) is 60.7 Å². The minimum Gasteiger partial charge on any atom is -0.476 e. The van der Waals surface area contributed by atoms with Gasteiger partial charge in [0.15, 0.2) is 0 Å². The predicted molar refractivity (Wildman–Crippen MR) is 104 cm³/mol. The third-order valence-electron chi connectivity index (χ3n) is 5.55. The van der Waals surface area contributed by atoms with Crippen molar-refractivity contribution in [1.82, 2.24) is 4.90 Å². The zero-order valence-corrected chi connectivity index (χ0v) is 15.5. The standard InChI is InChI=1S/C21H24N2O2.ClH/c22-19-12-11-16-13-23(14-18(16)19)21(24)20(15-7-3-1-4-8-15)25-17-9-5-2-6-10-17;/h1-10,16,18-20H,11-14,22H2;1H. The number of fused-ring (bicyclic) bond motifs is 1. The van der Waals surface area contributed by atoms with Crippen LogP contribution < -0.4 is 10.5 Å². The third kappa shape index (κ3) is 3.71. The summed E-state index contributed by atoms with van der Waals surface area (Å²) in [7, 11) is 0. The monoisotopic (exact) mass is 372 g/mol. The van der Waals surface area contributed by atoms with E-state index in [-0.39, 0.29) is 24.4 Å². The summed E-state index contributed by atoms with van der Waals surface area (Å²) in [4.78, 5) is 15.2. The van der Waals surface area contributed by atoms with Crippen LogP contribution >= 0.6 is 12.4 Å². The van der Waals surface area contributed by atoms with Gasteiger partial charge >= 0.3 is 0 Å². The van der Waals surface area contributed by atoms with Gasteiger partial charge in [0.1, 0.15) is 5.75 Å². The number of para-hydroxylation sites is 1. The molecular formula is C21H25ClN2O2. The molecule has 0 aromatic heterocycles. The molecule has 1 amide bonds. The number of rotatable bonds is 4. The molecule has 1 heterocycles. The number of likely N-dealkylation sites (tertiary alicyclic amines) is 1. The Bertz CT molecular complexity index is 725. The fourth-order valence-corrected chi connectivity index (χ4v) is 4.18. The Kier molecular flexibility index (Phi) is 5.84. The van der Waals surface area contributed by atoms with Gasteiger partial charge in [0.05, 0.1) is 0 Å². The Hall–Kier alpha value is -2.04. The summed E-state index contributed by atoms with van der Waals surface area (Å²) in [5.74, 6) is 1.74. The van der Waals surface area contributed by atoms with Gasteiger partial charge in [-0.2, -0.15) is 0 Å². The van der Waals surface area contributed by atoms with Crippen LogP contribution in [0.3, 0.4) is 0 Å². The number of carbonyl (C=O) groups excluding carboxylic acids is 1. The summed E-state index contributed by atoms with van der Waals surface area (Å²) >= 11 is 0. The second kappa shape index (κ2) is 8.11. The van der Waals surface area contributed by atoms with Crippen molar-refractivity contribution >= 4 is 18.3 Å². The molecule has 4 unspecified atom stereocenters. The maximum atomic E-state index is 13.2. The molecule has 1 saturated heterocycles. The molecule has 2 fully saturated rings. The zero-order valence-electron chi connectivity index (χ0n) is 14.7. The lowest BCUT2D eigenvalue weighted by atomic mass is 9.98. The van der Waals surface area contributed by atoms with Gasteiger partial charge in [-0.1, -0.05) is 48.5 Å². The quantitative estimate of drug-likeness (QED) is 0.894. The van der Waals surface area contributed by atoms with Crippen molar-refractivity contribution in [2.24, 2.45) is 17.6 Å². The first-order valence-corrected chi connectivity index (χ1v) is 9.03. The number of benzene rings is 2. The van der Waals surface area contributed by atoms with Crippen LogP contribution in [-0.4, -0.2) is 29.9 Å². The summed E-state index contributed by atoms with van der Waals surface area (Å²) in [6, 6.07) is 19.5. The van der Waals surface area contributed by atoms with Gasteiger partial charge in [0, 0.05) is 24.7 Å². The molecule has 4 atom stereocenters. The molecule has 4 rings (SSSR count). The largest absolute Gasteiger partial charge is 0.476 e. The highest BCUT2D eigenvalue weighted by atomic mass is 35.5. The molecule has 2 N–H and O–H groups in total. The lowest BCUT2D eigenvalue weighted by Gasteiger charge is -2.25. The SMILES string of the molecule is Cl.NC1CCC2CN(C(=O)C(Oc3ccccc3)c3ccccc3)CC12. The van der Waals surface area contributed by atoms with E-state index in [0.29, 0.717) is 17.6 Å². The van der Waals surface area contributed by atoms with E-state index in [1.807, 2.05) is 65.6 Å². The normalized spacial score (nSPS) is 25.3. The van der Waals surface area contributed by atoms with Crippen LogP contribution in [0.25, 0.3) is 0 Å². The molecule has 4 nitrogen and oxygen atoms in total. The molecule has 0 radical (unpaired) electrons. The van der Waals surface area contributed by atoms with Gasteiger partial charge < -0.3 is 15.4 Å². The molecule has 2 aromatic rings. The molecule has 2 aromatic carbocycles. The fraction of sp³-hybridized carbons (Fsp3) is 0.381. The molecule has 5 heteroatoms. The van der Waals surface area contributed by atoms with E-state index in [1.54, 1.807) is 0 Å². The second-order valence-electron chi connectivity index (χ2n) is 7.13. The number of halogens is 1. The number of nitrogens with zero attached hydrogens (tertiary/aromatic N) is 1. The lowest BCUT2D eigenvalue weighted by Crippen LogP contribution is -2.38. The molecule has 0 spiro atoms. The lowest BCUT2D eigenvalue weighted by molar-refractivity contribution is -0.138. The summed E-state index contributed by atoms with van der Waals surface area (Å²) in [6.45, 7) is 1.56. The Morgan fingerprint density at radius 1 is 1.00 bits per heavy atom. The maximum Gasteiger partial charge on any atom is 0.268 e. The third-order valence-corrected chi connectivity index (χ3v) is 5.55. The van der Waals surface area contributed by atoms with Gasteiger partial charge in [-0.15, -0.1) is 12.4 Å². The van der Waals surface area contributed by atoms with E-state index in [2.05, 4.69) is 0 Å². The van der Waals surface area contributed by atoms with E-state index >= 15 is 0 Å². The first-order chi connectivity index (χ1) is 12.2. The zero-order chi connectivity index (χ0) is 17.2. The average Bonchev–Trinajstić information content (AvgIpc) is 3.23. The smallest absolute Gasteiger partial charge is 0.268 e.